The Balaban J connectivity index is 1.26. The van der Waals surface area contributed by atoms with Gasteiger partial charge in [-0.25, -0.2) is 0 Å². The van der Waals surface area contributed by atoms with E-state index < -0.39 is 12.0 Å². The number of rotatable bonds is 8. The minimum absolute atomic E-state index is 0.0733. The molecule has 1 aromatic rings. The van der Waals surface area contributed by atoms with Crippen LogP contribution in [0.2, 0.25) is 0 Å². The largest absolute Gasteiger partial charge is 0.332 e. The van der Waals surface area contributed by atoms with Crippen molar-refractivity contribution < 1.29 is 14.4 Å². The lowest BCUT2D eigenvalue weighted by Crippen LogP contribution is -2.50. The molecule has 3 aliphatic rings. The highest BCUT2D eigenvalue weighted by Gasteiger charge is 2.44. The van der Waals surface area contributed by atoms with Crippen LogP contribution in [0.4, 0.5) is 0 Å². The van der Waals surface area contributed by atoms with Gasteiger partial charge in [0.15, 0.2) is 0 Å². The van der Waals surface area contributed by atoms with E-state index >= 15 is 0 Å². The van der Waals surface area contributed by atoms with Gasteiger partial charge in [-0.1, -0.05) is 49.3 Å². The number of likely N-dealkylation sites (tertiary alicyclic amines) is 1. The Morgan fingerprint density at radius 1 is 1.16 bits per heavy atom. The Morgan fingerprint density at radius 3 is 2.77 bits per heavy atom. The number of amides is 1. The molecule has 1 amide bonds. The second-order valence-corrected chi connectivity index (χ2v) is 9.79. The number of unbranched alkanes of at least 4 members (excludes halogenated alkanes) is 1. The first-order valence-corrected chi connectivity index (χ1v) is 12.1. The van der Waals surface area contributed by atoms with E-state index in [1.165, 1.54) is 17.5 Å². The molecule has 4 atom stereocenters. The molecule has 5 nitrogen and oxygen atoms in total. The maximum absolute atomic E-state index is 13.0. The Hall–Kier alpha value is -1.92. The normalized spacial score (nSPS) is 27.9. The van der Waals surface area contributed by atoms with Crippen molar-refractivity contribution in [2.24, 2.45) is 11.8 Å². The number of nitrogens with zero attached hydrogens (tertiary/aromatic N) is 1. The Bertz CT molecular complexity index is 855. The molecule has 1 aliphatic carbocycles. The number of hydrogen-bond acceptors (Lipinski definition) is 5. The SMILES string of the molecule is O=C[C@@H]1CCCN1C(=O)[C@H]1NCC(=S)C1C(=O)CCCC[C@H]1CCc2ccccc2C1. The molecule has 6 heteroatoms. The fourth-order valence-electron chi connectivity index (χ4n) is 5.51. The summed E-state index contributed by atoms with van der Waals surface area (Å²) in [6, 6.07) is 7.75. The highest BCUT2D eigenvalue weighted by atomic mass is 32.1. The fraction of sp³-hybridized carbons (Fsp3) is 0.600. The second-order valence-electron chi connectivity index (χ2n) is 9.27. The first-order chi connectivity index (χ1) is 15.1. The molecule has 2 heterocycles. The van der Waals surface area contributed by atoms with E-state index in [-0.39, 0.29) is 17.7 Å². The molecule has 0 bridgehead atoms. The monoisotopic (exact) mass is 440 g/mol. The summed E-state index contributed by atoms with van der Waals surface area (Å²) in [7, 11) is 0. The summed E-state index contributed by atoms with van der Waals surface area (Å²) in [4.78, 5) is 39.5. The van der Waals surface area contributed by atoms with E-state index in [1.54, 1.807) is 4.90 Å². The van der Waals surface area contributed by atoms with Crippen LogP contribution in [0.15, 0.2) is 24.3 Å². The van der Waals surface area contributed by atoms with Crippen molar-refractivity contribution >= 4 is 35.1 Å². The summed E-state index contributed by atoms with van der Waals surface area (Å²) >= 11 is 5.44. The number of ketones is 1. The number of hydrogen-bond donors (Lipinski definition) is 1. The van der Waals surface area contributed by atoms with Crippen molar-refractivity contribution in [1.29, 1.82) is 0 Å². The first kappa shape index (κ1) is 22.3. The van der Waals surface area contributed by atoms with Crippen LogP contribution in [0.3, 0.4) is 0 Å². The van der Waals surface area contributed by atoms with Crippen LogP contribution >= 0.6 is 12.2 Å². The molecule has 2 aliphatic heterocycles. The van der Waals surface area contributed by atoms with E-state index in [4.69, 9.17) is 12.2 Å². The number of Topliss-reactive ketones (excluding diaryl/α,β-unsaturated/α-hetero) is 1. The van der Waals surface area contributed by atoms with E-state index in [0.29, 0.717) is 36.7 Å². The van der Waals surface area contributed by atoms with Crippen molar-refractivity contribution in [3.05, 3.63) is 35.4 Å². The molecule has 1 unspecified atom stereocenters. The van der Waals surface area contributed by atoms with Crippen molar-refractivity contribution in [2.75, 3.05) is 13.1 Å². The Morgan fingerprint density at radius 2 is 1.97 bits per heavy atom. The van der Waals surface area contributed by atoms with E-state index in [2.05, 4.69) is 29.6 Å². The summed E-state index contributed by atoms with van der Waals surface area (Å²) < 4.78 is 0. The third-order valence-electron chi connectivity index (χ3n) is 7.26. The molecule has 0 aromatic heterocycles. The van der Waals surface area contributed by atoms with Gasteiger partial charge in [0.2, 0.25) is 5.91 Å². The highest BCUT2D eigenvalue weighted by molar-refractivity contribution is 7.80. The summed E-state index contributed by atoms with van der Waals surface area (Å²) in [5.74, 6) is 0.0961. The molecule has 0 saturated carbocycles. The molecule has 0 spiro atoms. The predicted octanol–water partition coefficient (Wildman–Crippen LogP) is 3.07. The number of carbonyl (C=O) groups excluding carboxylic acids is 3. The van der Waals surface area contributed by atoms with Gasteiger partial charge in [-0.15, -0.1) is 0 Å². The molecule has 1 aromatic carbocycles. The molecule has 2 fully saturated rings. The van der Waals surface area contributed by atoms with Crippen molar-refractivity contribution in [3.63, 3.8) is 0 Å². The molecular weight excluding hydrogens is 408 g/mol. The molecule has 166 valence electrons. The van der Waals surface area contributed by atoms with Crippen LogP contribution in [-0.2, 0) is 27.2 Å². The molecule has 4 rings (SSSR count). The molecule has 1 N–H and O–H groups in total. The number of carbonyl (C=O) groups is 3. The summed E-state index contributed by atoms with van der Waals surface area (Å²) in [5, 5.41) is 3.14. The molecular formula is C25H32N2O3S. The van der Waals surface area contributed by atoms with E-state index in [9.17, 15) is 14.4 Å². The smallest absolute Gasteiger partial charge is 0.241 e. The quantitative estimate of drug-likeness (QED) is 0.382. The lowest BCUT2D eigenvalue weighted by molar-refractivity contribution is -0.138. The van der Waals surface area contributed by atoms with Gasteiger partial charge in [0.25, 0.3) is 0 Å². The second kappa shape index (κ2) is 10.1. The summed E-state index contributed by atoms with van der Waals surface area (Å²) in [6.07, 6.45) is 9.40. The van der Waals surface area contributed by atoms with E-state index in [0.717, 1.165) is 44.8 Å². The lowest BCUT2D eigenvalue weighted by Gasteiger charge is -2.27. The summed E-state index contributed by atoms with van der Waals surface area (Å²) in [6.45, 7) is 1.00. The van der Waals surface area contributed by atoms with E-state index in [1.807, 2.05) is 0 Å². The minimum atomic E-state index is -0.601. The van der Waals surface area contributed by atoms with Crippen LogP contribution < -0.4 is 5.32 Å². The minimum Gasteiger partial charge on any atom is -0.332 e. The zero-order valence-corrected chi connectivity index (χ0v) is 18.9. The van der Waals surface area contributed by atoms with Gasteiger partial charge < -0.3 is 15.0 Å². The van der Waals surface area contributed by atoms with Gasteiger partial charge in [-0.2, -0.15) is 0 Å². The number of fused-ring (bicyclic) bond motifs is 1. The number of aldehydes is 1. The zero-order chi connectivity index (χ0) is 21.8. The van der Waals surface area contributed by atoms with Crippen LogP contribution in [0, 0.1) is 11.8 Å². The Labute approximate surface area is 190 Å². The number of aryl methyl sites for hydroxylation is 1. The third-order valence-corrected chi connectivity index (χ3v) is 7.66. The number of benzene rings is 1. The summed E-state index contributed by atoms with van der Waals surface area (Å²) in [5.41, 5.74) is 2.97. The van der Waals surface area contributed by atoms with Gasteiger partial charge in [0.05, 0.1) is 12.0 Å². The predicted molar refractivity (Wildman–Crippen MR) is 124 cm³/mol. The average Bonchev–Trinajstić information content (AvgIpc) is 3.42. The van der Waals surface area contributed by atoms with Gasteiger partial charge >= 0.3 is 0 Å². The number of nitrogens with one attached hydrogen (secondary N) is 1. The van der Waals surface area contributed by atoms with Crippen molar-refractivity contribution in [1.82, 2.24) is 10.2 Å². The highest BCUT2D eigenvalue weighted by Crippen LogP contribution is 2.29. The van der Waals surface area contributed by atoms with Crippen LogP contribution in [0.25, 0.3) is 0 Å². The van der Waals surface area contributed by atoms with Gasteiger partial charge in [-0.3, -0.25) is 9.59 Å². The maximum Gasteiger partial charge on any atom is 0.241 e. The van der Waals surface area contributed by atoms with Gasteiger partial charge in [0, 0.05) is 24.4 Å². The average molecular weight is 441 g/mol. The van der Waals surface area contributed by atoms with Crippen molar-refractivity contribution in [3.8, 4) is 0 Å². The van der Waals surface area contributed by atoms with Gasteiger partial charge in [-0.05, 0) is 55.6 Å². The zero-order valence-electron chi connectivity index (χ0n) is 18.1. The standard InChI is InChI=1S/C25H32N2O3S/c28-16-20-9-5-13-27(20)25(30)24-23(22(31)15-26-24)21(29)10-4-1-6-17-11-12-18-7-2-3-8-19(18)14-17/h2-3,7-8,16-17,20,23-24,26H,1,4-6,9-15H2/t17-,20-,23?,24-/m0/s1. The van der Waals surface area contributed by atoms with Crippen LogP contribution in [0.1, 0.15) is 56.1 Å². The molecule has 2 saturated heterocycles. The Kier molecular flexibility index (Phi) is 7.28. The van der Waals surface area contributed by atoms with Crippen molar-refractivity contribution in [2.45, 2.75) is 69.9 Å². The molecule has 31 heavy (non-hydrogen) atoms. The maximum atomic E-state index is 13.0. The fourth-order valence-corrected chi connectivity index (χ4v) is 5.86. The van der Waals surface area contributed by atoms with Gasteiger partial charge in [0.1, 0.15) is 18.1 Å². The topological polar surface area (TPSA) is 66.5 Å². The first-order valence-electron chi connectivity index (χ1n) is 11.7. The van der Waals surface area contributed by atoms with Crippen LogP contribution in [0.5, 0.6) is 0 Å². The van der Waals surface area contributed by atoms with Crippen LogP contribution in [-0.4, -0.2) is 52.9 Å². The lowest BCUT2D eigenvalue weighted by atomic mass is 9.81. The third kappa shape index (κ3) is 4.96. The molecule has 0 radical (unpaired) electrons. The number of thiocarbonyl (C=S) groups is 1.